The minimum Gasteiger partial charge on any atom is -0.378 e. The highest BCUT2D eigenvalue weighted by molar-refractivity contribution is 6.01. The molecule has 0 saturated carbocycles. The molecule has 0 aromatic heterocycles. The van der Waals surface area contributed by atoms with Crippen LogP contribution in [0.25, 0.3) is 0 Å². The molecule has 0 radical (unpaired) electrons. The highest BCUT2D eigenvalue weighted by Gasteiger charge is 2.35. The SMILES string of the molecule is CC1(C)CC(=O)C(C#N)=C(N2CCOCC2)C1. The number of allylic oxidation sites excluding steroid dienone is 2. The molecule has 2 rings (SSSR count). The number of hydrogen-bond acceptors (Lipinski definition) is 4. The van der Waals surface area contributed by atoms with Gasteiger partial charge in [0.15, 0.2) is 5.78 Å². The molecule has 0 atom stereocenters. The Morgan fingerprint density at radius 2 is 1.94 bits per heavy atom. The van der Waals surface area contributed by atoms with Crippen LogP contribution in [0.3, 0.4) is 0 Å². The number of rotatable bonds is 1. The van der Waals surface area contributed by atoms with Crippen LogP contribution in [0.15, 0.2) is 11.3 Å². The minimum atomic E-state index is -0.0366. The lowest BCUT2D eigenvalue weighted by atomic mass is 9.75. The van der Waals surface area contributed by atoms with Crippen molar-refractivity contribution in [2.45, 2.75) is 26.7 Å². The molecule has 4 nitrogen and oxygen atoms in total. The van der Waals surface area contributed by atoms with Crippen molar-refractivity contribution in [1.82, 2.24) is 4.90 Å². The zero-order chi connectivity index (χ0) is 12.5. The first-order valence-electron chi connectivity index (χ1n) is 6.03. The normalized spacial score (nSPS) is 24.8. The van der Waals surface area contributed by atoms with Crippen molar-refractivity contribution in [3.05, 3.63) is 11.3 Å². The molecule has 1 fully saturated rings. The van der Waals surface area contributed by atoms with Gasteiger partial charge in [0.25, 0.3) is 0 Å². The molecular formula is C13H18N2O2. The standard InChI is InChI=1S/C13H18N2O2/c1-13(2)7-11(10(9-14)12(16)8-13)15-3-5-17-6-4-15/h3-8H2,1-2H3. The van der Waals surface area contributed by atoms with Crippen molar-refractivity contribution in [3.63, 3.8) is 0 Å². The van der Waals surface area contributed by atoms with E-state index in [0.29, 0.717) is 25.2 Å². The van der Waals surface area contributed by atoms with Gasteiger partial charge in [-0.1, -0.05) is 13.8 Å². The van der Waals surface area contributed by atoms with E-state index in [2.05, 4.69) is 24.8 Å². The van der Waals surface area contributed by atoms with Crippen LogP contribution in [0, 0.1) is 16.7 Å². The molecule has 0 amide bonds. The molecule has 17 heavy (non-hydrogen) atoms. The average molecular weight is 234 g/mol. The van der Waals surface area contributed by atoms with E-state index in [-0.39, 0.29) is 11.2 Å². The third-order valence-corrected chi connectivity index (χ3v) is 3.36. The van der Waals surface area contributed by atoms with Crippen LogP contribution in [-0.2, 0) is 9.53 Å². The maximum atomic E-state index is 12.0. The molecule has 0 aromatic carbocycles. The number of carbonyl (C=O) groups is 1. The van der Waals surface area contributed by atoms with Gasteiger partial charge in [0, 0.05) is 25.2 Å². The van der Waals surface area contributed by atoms with Crippen LogP contribution >= 0.6 is 0 Å². The van der Waals surface area contributed by atoms with Gasteiger partial charge in [-0.15, -0.1) is 0 Å². The van der Waals surface area contributed by atoms with E-state index in [1.54, 1.807) is 0 Å². The third kappa shape index (κ3) is 2.50. The number of ketones is 1. The first kappa shape index (κ1) is 12.1. The molecule has 0 spiro atoms. The Labute approximate surface area is 102 Å². The molecule has 1 aliphatic heterocycles. The van der Waals surface area contributed by atoms with Crippen molar-refractivity contribution in [1.29, 1.82) is 5.26 Å². The first-order chi connectivity index (χ1) is 8.03. The first-order valence-corrected chi connectivity index (χ1v) is 6.03. The molecule has 92 valence electrons. The van der Waals surface area contributed by atoms with Crippen LogP contribution in [0.5, 0.6) is 0 Å². The van der Waals surface area contributed by atoms with E-state index >= 15 is 0 Å². The van der Waals surface area contributed by atoms with Gasteiger partial charge < -0.3 is 9.64 Å². The highest BCUT2D eigenvalue weighted by atomic mass is 16.5. The summed E-state index contributed by atoms with van der Waals surface area (Å²) in [6.45, 7) is 7.08. The Kier molecular flexibility index (Phi) is 3.21. The molecule has 1 aliphatic carbocycles. The summed E-state index contributed by atoms with van der Waals surface area (Å²) >= 11 is 0. The number of nitrogens with zero attached hydrogens (tertiary/aromatic N) is 2. The summed E-state index contributed by atoms with van der Waals surface area (Å²) in [7, 11) is 0. The van der Waals surface area contributed by atoms with E-state index in [0.717, 1.165) is 25.2 Å². The molecule has 0 unspecified atom stereocenters. The summed E-state index contributed by atoms with van der Waals surface area (Å²) in [5.74, 6) is -0.00904. The van der Waals surface area contributed by atoms with Gasteiger partial charge in [0.05, 0.1) is 13.2 Å². The van der Waals surface area contributed by atoms with Gasteiger partial charge in [-0.25, -0.2) is 0 Å². The quantitative estimate of drug-likeness (QED) is 0.689. The van der Waals surface area contributed by atoms with Crippen molar-refractivity contribution in [3.8, 4) is 6.07 Å². The lowest BCUT2D eigenvalue weighted by molar-refractivity contribution is -0.118. The van der Waals surface area contributed by atoms with Gasteiger partial charge in [-0.05, 0) is 11.8 Å². The number of Topliss-reactive ketones (excluding diaryl/α,β-unsaturated/α-hetero) is 1. The molecule has 1 saturated heterocycles. The smallest absolute Gasteiger partial charge is 0.175 e. The second-order valence-corrected chi connectivity index (χ2v) is 5.47. The molecule has 1 heterocycles. The molecule has 0 N–H and O–H groups in total. The molecular weight excluding hydrogens is 216 g/mol. The molecule has 0 aromatic rings. The number of nitriles is 1. The fraction of sp³-hybridized carbons (Fsp3) is 0.692. The summed E-state index contributed by atoms with van der Waals surface area (Å²) in [5, 5.41) is 9.15. The van der Waals surface area contributed by atoms with Gasteiger partial charge in [0.2, 0.25) is 0 Å². The Morgan fingerprint density at radius 1 is 1.29 bits per heavy atom. The second-order valence-electron chi connectivity index (χ2n) is 5.47. The fourth-order valence-corrected chi connectivity index (χ4v) is 2.52. The third-order valence-electron chi connectivity index (χ3n) is 3.36. The zero-order valence-corrected chi connectivity index (χ0v) is 10.5. The Bertz CT molecular complexity index is 398. The number of ether oxygens (including phenoxy) is 1. The lowest BCUT2D eigenvalue weighted by Gasteiger charge is -2.38. The second kappa shape index (κ2) is 4.50. The summed E-state index contributed by atoms with van der Waals surface area (Å²) in [6.07, 6.45) is 1.28. The lowest BCUT2D eigenvalue weighted by Crippen LogP contribution is -2.40. The minimum absolute atomic E-state index is 0.00904. The van der Waals surface area contributed by atoms with Crippen molar-refractivity contribution in [2.24, 2.45) is 5.41 Å². The van der Waals surface area contributed by atoms with Crippen LogP contribution in [0.1, 0.15) is 26.7 Å². The van der Waals surface area contributed by atoms with Crippen LogP contribution < -0.4 is 0 Å². The van der Waals surface area contributed by atoms with Crippen molar-refractivity contribution in [2.75, 3.05) is 26.3 Å². The summed E-state index contributed by atoms with van der Waals surface area (Å²) in [6, 6.07) is 2.09. The largest absolute Gasteiger partial charge is 0.378 e. The van der Waals surface area contributed by atoms with Gasteiger partial charge in [-0.3, -0.25) is 4.79 Å². The van der Waals surface area contributed by atoms with Gasteiger partial charge in [-0.2, -0.15) is 5.26 Å². The number of hydrogen-bond donors (Lipinski definition) is 0. The summed E-state index contributed by atoms with van der Waals surface area (Å²) < 4.78 is 5.31. The summed E-state index contributed by atoms with van der Waals surface area (Å²) in [4.78, 5) is 14.1. The number of carbonyl (C=O) groups excluding carboxylic acids is 1. The van der Waals surface area contributed by atoms with Crippen LogP contribution in [0.4, 0.5) is 0 Å². The summed E-state index contributed by atoms with van der Waals surface area (Å²) in [5.41, 5.74) is 1.26. The fourth-order valence-electron chi connectivity index (χ4n) is 2.52. The molecule has 2 aliphatic rings. The van der Waals surface area contributed by atoms with Crippen molar-refractivity contribution >= 4 is 5.78 Å². The van der Waals surface area contributed by atoms with E-state index < -0.39 is 0 Å². The van der Waals surface area contributed by atoms with Crippen LogP contribution in [0.2, 0.25) is 0 Å². The van der Waals surface area contributed by atoms with E-state index in [1.165, 1.54) is 0 Å². The molecule has 4 heteroatoms. The Hall–Kier alpha value is -1.34. The van der Waals surface area contributed by atoms with E-state index in [4.69, 9.17) is 10.00 Å². The predicted octanol–water partition coefficient (Wildman–Crippen LogP) is 1.49. The van der Waals surface area contributed by atoms with Gasteiger partial charge in [0.1, 0.15) is 11.6 Å². The van der Waals surface area contributed by atoms with Crippen molar-refractivity contribution < 1.29 is 9.53 Å². The van der Waals surface area contributed by atoms with E-state index in [9.17, 15) is 4.79 Å². The maximum Gasteiger partial charge on any atom is 0.175 e. The van der Waals surface area contributed by atoms with E-state index in [1.807, 2.05) is 0 Å². The highest BCUT2D eigenvalue weighted by Crippen LogP contribution is 2.38. The van der Waals surface area contributed by atoms with Gasteiger partial charge >= 0.3 is 0 Å². The molecule has 0 bridgehead atoms. The predicted molar refractivity (Wildman–Crippen MR) is 63.1 cm³/mol. The zero-order valence-electron chi connectivity index (χ0n) is 10.5. The topological polar surface area (TPSA) is 53.3 Å². The average Bonchev–Trinajstić information content (AvgIpc) is 2.28. The Morgan fingerprint density at radius 3 is 2.53 bits per heavy atom. The maximum absolute atomic E-state index is 12.0. The Balaban J connectivity index is 2.32. The van der Waals surface area contributed by atoms with Crippen LogP contribution in [-0.4, -0.2) is 37.0 Å². The number of morpholine rings is 1. The monoisotopic (exact) mass is 234 g/mol.